The lowest BCUT2D eigenvalue weighted by Gasteiger charge is -2.22. The van der Waals surface area contributed by atoms with Crippen LogP contribution in [0.5, 0.6) is 0 Å². The van der Waals surface area contributed by atoms with Crippen LogP contribution < -0.4 is 10.3 Å². The number of nitrogens with zero attached hydrogens (tertiary/aromatic N) is 3. The van der Waals surface area contributed by atoms with E-state index in [0.717, 1.165) is 20.6 Å². The lowest BCUT2D eigenvalue weighted by atomic mass is 9.98. The predicted molar refractivity (Wildman–Crippen MR) is 115 cm³/mol. The highest BCUT2D eigenvalue weighted by Gasteiger charge is 2.45. The van der Waals surface area contributed by atoms with Crippen LogP contribution in [0.4, 0.5) is 5.13 Å². The van der Waals surface area contributed by atoms with E-state index in [0.29, 0.717) is 21.7 Å². The van der Waals surface area contributed by atoms with E-state index in [-0.39, 0.29) is 17.1 Å². The Bertz CT molecular complexity index is 1340. The highest BCUT2D eigenvalue weighted by molar-refractivity contribution is 9.10. The average Bonchev–Trinajstić information content (AvgIpc) is 3.25. The molecule has 0 saturated heterocycles. The molecule has 2 aromatic heterocycles. The number of aryl methyl sites for hydroxylation is 2. The number of hydrogen-bond donors (Lipinski definition) is 0. The van der Waals surface area contributed by atoms with Gasteiger partial charge < -0.3 is 4.42 Å². The maximum Gasteiger partial charge on any atom is 0.297 e. The summed E-state index contributed by atoms with van der Waals surface area (Å²) in [5, 5.41) is 9.84. The number of hydrogen-bond acceptors (Lipinski definition) is 6. The van der Waals surface area contributed by atoms with E-state index in [1.54, 1.807) is 12.1 Å². The number of carbonyl (C=O) groups is 1. The van der Waals surface area contributed by atoms with Crippen molar-refractivity contribution >= 4 is 49.3 Å². The minimum absolute atomic E-state index is 0.0622. The second-order valence-corrected chi connectivity index (χ2v) is 8.98. The summed E-state index contributed by atoms with van der Waals surface area (Å²) in [6.45, 7) is 3.74. The maximum atomic E-state index is 13.5. The molecule has 0 aliphatic carbocycles. The van der Waals surface area contributed by atoms with Gasteiger partial charge in [-0.15, -0.1) is 10.2 Å². The molecule has 1 aliphatic rings. The first-order valence-corrected chi connectivity index (χ1v) is 10.5. The van der Waals surface area contributed by atoms with E-state index >= 15 is 0 Å². The highest BCUT2D eigenvalue weighted by Crippen LogP contribution is 2.42. The summed E-state index contributed by atoms with van der Waals surface area (Å²) in [5.41, 5.74) is 2.29. The van der Waals surface area contributed by atoms with Crippen LogP contribution in [0.3, 0.4) is 0 Å². The molecule has 29 heavy (non-hydrogen) atoms. The first-order chi connectivity index (χ1) is 13.9. The SMILES string of the molecule is Cc1ccc2oc3c(c(=O)c2c1)C(c1ccc(Br)cc1)N(c1nnc(C)s1)C3=O. The van der Waals surface area contributed by atoms with Crippen molar-refractivity contribution in [3.8, 4) is 0 Å². The van der Waals surface area contributed by atoms with Crippen LogP contribution in [0.2, 0.25) is 0 Å². The molecule has 0 bridgehead atoms. The summed E-state index contributed by atoms with van der Waals surface area (Å²) in [5.74, 6) is -0.323. The van der Waals surface area contributed by atoms with Crippen molar-refractivity contribution in [3.05, 3.63) is 84.6 Å². The monoisotopic (exact) mass is 467 g/mol. The Morgan fingerprint density at radius 2 is 1.83 bits per heavy atom. The molecule has 0 N–H and O–H groups in total. The second-order valence-electron chi connectivity index (χ2n) is 6.91. The lowest BCUT2D eigenvalue weighted by molar-refractivity contribution is 0.0970. The maximum absolute atomic E-state index is 13.5. The van der Waals surface area contributed by atoms with Crippen molar-refractivity contribution in [1.29, 1.82) is 0 Å². The van der Waals surface area contributed by atoms with Crippen molar-refractivity contribution in [2.24, 2.45) is 0 Å². The minimum atomic E-state index is -0.626. The molecular formula is C21H14BrN3O3S. The number of halogens is 1. The molecule has 1 unspecified atom stereocenters. The van der Waals surface area contributed by atoms with E-state index in [9.17, 15) is 9.59 Å². The van der Waals surface area contributed by atoms with Gasteiger partial charge in [0.25, 0.3) is 5.91 Å². The van der Waals surface area contributed by atoms with Gasteiger partial charge in [-0.25, -0.2) is 0 Å². The summed E-state index contributed by atoms with van der Waals surface area (Å²) in [4.78, 5) is 28.3. The quantitative estimate of drug-likeness (QED) is 0.424. The van der Waals surface area contributed by atoms with Crippen molar-refractivity contribution in [2.45, 2.75) is 19.9 Å². The van der Waals surface area contributed by atoms with E-state index < -0.39 is 6.04 Å². The molecule has 1 amide bonds. The van der Waals surface area contributed by atoms with E-state index in [1.165, 1.54) is 16.2 Å². The van der Waals surface area contributed by atoms with Gasteiger partial charge in [-0.1, -0.05) is 51.0 Å². The first-order valence-electron chi connectivity index (χ1n) is 8.90. The third-order valence-electron chi connectivity index (χ3n) is 4.93. The average molecular weight is 468 g/mol. The molecule has 144 valence electrons. The standard InChI is InChI=1S/C21H14BrN3O3S/c1-10-3-8-15-14(9-10)18(26)16-17(12-4-6-13(22)7-5-12)25(20(27)19(16)28-15)21-24-23-11(2)29-21/h3-9,17H,1-2H3. The van der Waals surface area contributed by atoms with Gasteiger partial charge in [0.05, 0.1) is 17.0 Å². The Morgan fingerprint density at radius 1 is 1.07 bits per heavy atom. The number of benzene rings is 2. The van der Waals surface area contributed by atoms with Crippen LogP contribution in [-0.4, -0.2) is 16.1 Å². The fraction of sp³-hybridized carbons (Fsp3) is 0.143. The van der Waals surface area contributed by atoms with Crippen molar-refractivity contribution in [1.82, 2.24) is 10.2 Å². The summed E-state index contributed by atoms with van der Waals surface area (Å²) >= 11 is 4.74. The zero-order valence-electron chi connectivity index (χ0n) is 15.5. The molecule has 1 aliphatic heterocycles. The van der Waals surface area contributed by atoms with Gasteiger partial charge in [0.1, 0.15) is 10.6 Å². The molecule has 8 heteroatoms. The zero-order chi connectivity index (χ0) is 20.3. The van der Waals surface area contributed by atoms with E-state index in [4.69, 9.17) is 4.42 Å². The molecule has 0 spiro atoms. The Balaban J connectivity index is 1.83. The molecule has 3 heterocycles. The topological polar surface area (TPSA) is 76.3 Å². The van der Waals surface area contributed by atoms with Gasteiger partial charge >= 0.3 is 0 Å². The van der Waals surface area contributed by atoms with Crippen LogP contribution in [0.15, 0.2) is 56.1 Å². The molecular weight excluding hydrogens is 454 g/mol. The Hall–Kier alpha value is -2.84. The van der Waals surface area contributed by atoms with E-state index in [1.807, 2.05) is 44.2 Å². The van der Waals surface area contributed by atoms with Gasteiger partial charge in [-0.2, -0.15) is 0 Å². The second kappa shape index (κ2) is 6.60. The fourth-order valence-corrected chi connectivity index (χ4v) is 4.61. The first kappa shape index (κ1) is 18.2. The van der Waals surface area contributed by atoms with Crippen molar-refractivity contribution < 1.29 is 9.21 Å². The van der Waals surface area contributed by atoms with Crippen molar-refractivity contribution in [3.63, 3.8) is 0 Å². The number of amides is 1. The molecule has 2 aromatic carbocycles. The lowest BCUT2D eigenvalue weighted by Crippen LogP contribution is -2.29. The number of carbonyl (C=O) groups excluding carboxylic acids is 1. The molecule has 4 aromatic rings. The largest absolute Gasteiger partial charge is 0.450 e. The third-order valence-corrected chi connectivity index (χ3v) is 6.30. The highest BCUT2D eigenvalue weighted by atomic mass is 79.9. The number of anilines is 1. The van der Waals surface area contributed by atoms with Gasteiger partial charge in [0, 0.05) is 4.47 Å². The number of aromatic nitrogens is 2. The van der Waals surface area contributed by atoms with Crippen LogP contribution in [0, 0.1) is 13.8 Å². The number of fused-ring (bicyclic) bond motifs is 2. The number of rotatable bonds is 2. The van der Waals surface area contributed by atoms with Crippen molar-refractivity contribution in [2.75, 3.05) is 4.90 Å². The molecule has 1 atom stereocenters. The summed E-state index contributed by atoms with van der Waals surface area (Å²) in [6, 6.07) is 12.3. The summed E-state index contributed by atoms with van der Waals surface area (Å²) in [7, 11) is 0. The summed E-state index contributed by atoms with van der Waals surface area (Å²) < 4.78 is 6.85. The van der Waals surface area contributed by atoms with Gasteiger partial charge in [0.15, 0.2) is 5.43 Å². The van der Waals surface area contributed by atoms with Gasteiger partial charge in [-0.05, 0) is 43.7 Å². The molecule has 0 radical (unpaired) electrons. The molecule has 0 fully saturated rings. The smallest absolute Gasteiger partial charge is 0.297 e. The zero-order valence-corrected chi connectivity index (χ0v) is 17.9. The molecule has 5 rings (SSSR count). The normalized spacial score (nSPS) is 15.9. The Morgan fingerprint density at radius 3 is 2.52 bits per heavy atom. The van der Waals surface area contributed by atoms with Crippen LogP contribution in [-0.2, 0) is 0 Å². The van der Waals surface area contributed by atoms with Gasteiger partial charge in [-0.3, -0.25) is 14.5 Å². The summed E-state index contributed by atoms with van der Waals surface area (Å²) in [6.07, 6.45) is 0. The van der Waals surface area contributed by atoms with E-state index in [2.05, 4.69) is 26.1 Å². The molecule has 0 saturated carbocycles. The predicted octanol–water partition coefficient (Wildman–Crippen LogP) is 4.77. The third kappa shape index (κ3) is 2.82. The Kier molecular flexibility index (Phi) is 4.15. The minimum Gasteiger partial charge on any atom is -0.450 e. The van der Waals surface area contributed by atoms with Gasteiger partial charge in [0.2, 0.25) is 10.9 Å². The molecule has 6 nitrogen and oxygen atoms in total. The van der Waals surface area contributed by atoms with Crippen LogP contribution in [0.1, 0.15) is 38.3 Å². The Labute approximate surface area is 177 Å². The van der Waals surface area contributed by atoms with Crippen LogP contribution in [0.25, 0.3) is 11.0 Å². The fourth-order valence-electron chi connectivity index (χ4n) is 3.63. The van der Waals surface area contributed by atoms with Crippen LogP contribution >= 0.6 is 27.3 Å².